The Kier molecular flexibility index (Phi) is 5.21. The summed E-state index contributed by atoms with van der Waals surface area (Å²) in [5.41, 5.74) is 6.08. The van der Waals surface area contributed by atoms with Crippen molar-refractivity contribution in [1.29, 1.82) is 0 Å². The highest BCUT2D eigenvalue weighted by Crippen LogP contribution is 2.35. The number of nitrogens with zero attached hydrogens (tertiary/aromatic N) is 2. The first-order chi connectivity index (χ1) is 13.1. The van der Waals surface area contributed by atoms with Crippen LogP contribution < -0.4 is 5.32 Å². The van der Waals surface area contributed by atoms with E-state index in [-0.39, 0.29) is 12.5 Å². The number of aliphatic hydroxyl groups is 1. The number of hydrogen-bond acceptors (Lipinski definition) is 4. The third-order valence-corrected chi connectivity index (χ3v) is 5.78. The maximum Gasteiger partial charge on any atom is 0.222 e. The van der Waals surface area contributed by atoms with Gasteiger partial charge in [-0.15, -0.1) is 0 Å². The molecule has 1 amide bonds. The minimum Gasteiger partial charge on any atom is -0.392 e. The fraction of sp³-hybridized carbons (Fsp3) is 0.500. The van der Waals surface area contributed by atoms with E-state index in [0.29, 0.717) is 11.7 Å². The second-order valence-corrected chi connectivity index (χ2v) is 7.85. The van der Waals surface area contributed by atoms with Gasteiger partial charge >= 0.3 is 0 Å². The number of carbonyl (C=O) groups excluding carboxylic acids is 1. The van der Waals surface area contributed by atoms with Crippen LogP contribution in [0.1, 0.15) is 61.5 Å². The number of anilines is 1. The maximum atomic E-state index is 11.7. The molecule has 1 fully saturated rings. The van der Waals surface area contributed by atoms with Crippen molar-refractivity contribution in [1.82, 2.24) is 9.97 Å². The van der Waals surface area contributed by atoms with Gasteiger partial charge in [-0.3, -0.25) is 4.79 Å². The van der Waals surface area contributed by atoms with E-state index in [9.17, 15) is 9.90 Å². The number of hydrogen-bond donors (Lipinski definition) is 2. The summed E-state index contributed by atoms with van der Waals surface area (Å²) in [6.45, 7) is 1.58. The minimum absolute atomic E-state index is 0.0558. The minimum atomic E-state index is -0.0991. The van der Waals surface area contributed by atoms with Crippen LogP contribution in [0.15, 0.2) is 18.2 Å². The number of nitrogens with one attached hydrogen (secondary N) is 1. The molecular weight excluding hydrogens is 338 g/mol. The number of benzene rings is 1. The predicted octanol–water partition coefficient (Wildman–Crippen LogP) is 3.82. The molecule has 5 heteroatoms. The van der Waals surface area contributed by atoms with Gasteiger partial charge in [-0.1, -0.05) is 50.3 Å². The lowest BCUT2D eigenvalue weighted by Crippen LogP contribution is -2.19. The number of aromatic nitrogens is 2. The normalized spacial score (nSPS) is 16.5. The fourth-order valence-electron chi connectivity index (χ4n) is 4.41. The van der Waals surface area contributed by atoms with Gasteiger partial charge in [0.15, 0.2) is 5.82 Å². The highest BCUT2D eigenvalue weighted by molar-refractivity contribution is 5.88. The average Bonchev–Trinajstić information content (AvgIpc) is 2.68. The van der Waals surface area contributed by atoms with Crippen molar-refractivity contribution in [2.24, 2.45) is 5.92 Å². The van der Waals surface area contributed by atoms with Crippen molar-refractivity contribution >= 4 is 11.7 Å². The summed E-state index contributed by atoms with van der Waals surface area (Å²) >= 11 is 0. The Balaban J connectivity index is 1.74. The molecule has 27 heavy (non-hydrogen) atoms. The third kappa shape index (κ3) is 3.88. The molecule has 0 atom stereocenters. The lowest BCUT2D eigenvalue weighted by atomic mass is 9.85. The highest BCUT2D eigenvalue weighted by Gasteiger charge is 2.24. The molecule has 0 spiro atoms. The van der Waals surface area contributed by atoms with Crippen molar-refractivity contribution in [2.45, 2.75) is 64.9 Å². The van der Waals surface area contributed by atoms with E-state index in [2.05, 4.69) is 17.4 Å². The van der Waals surface area contributed by atoms with E-state index < -0.39 is 0 Å². The second-order valence-electron chi connectivity index (χ2n) is 7.85. The summed E-state index contributed by atoms with van der Waals surface area (Å²) in [5, 5.41) is 12.3. The summed E-state index contributed by atoms with van der Waals surface area (Å²) in [5.74, 6) is 1.17. The zero-order valence-corrected chi connectivity index (χ0v) is 15.9. The lowest BCUT2D eigenvalue weighted by Gasteiger charge is -2.24. The number of rotatable bonds is 4. The highest BCUT2D eigenvalue weighted by atomic mass is 16.3. The zero-order chi connectivity index (χ0) is 18.8. The van der Waals surface area contributed by atoms with Gasteiger partial charge in [-0.25, -0.2) is 9.97 Å². The monoisotopic (exact) mass is 365 g/mol. The van der Waals surface area contributed by atoms with E-state index in [1.165, 1.54) is 44.6 Å². The lowest BCUT2D eigenvalue weighted by molar-refractivity contribution is -0.114. The molecule has 2 aliphatic rings. The molecule has 0 aliphatic heterocycles. The topological polar surface area (TPSA) is 75.1 Å². The first-order valence-electron chi connectivity index (χ1n) is 10.0. The SMILES string of the molecule is CC(=O)Nc1nc2c(nc1CC1CCCCC1)-c1ccc(CO)cc1CC2. The number of carbonyl (C=O) groups is 1. The molecule has 2 aromatic rings. The summed E-state index contributed by atoms with van der Waals surface area (Å²) in [6, 6.07) is 6.08. The Bertz CT molecular complexity index is 857. The molecular formula is C22H27N3O2. The summed E-state index contributed by atoms with van der Waals surface area (Å²) < 4.78 is 0. The standard InChI is InChI=1S/C22H27N3O2/c1-14(27)23-22-20(12-15-5-3-2-4-6-15)24-21-18-9-7-16(13-26)11-17(18)8-10-19(21)25-22/h7,9,11,15,26H,2-6,8,10,12-13H2,1H3,(H,23,25,27). The van der Waals surface area contributed by atoms with E-state index in [4.69, 9.17) is 9.97 Å². The predicted molar refractivity (Wildman–Crippen MR) is 105 cm³/mol. The molecule has 0 radical (unpaired) electrons. The van der Waals surface area contributed by atoms with Gasteiger partial charge in [-0.05, 0) is 36.3 Å². The summed E-state index contributed by atoms with van der Waals surface area (Å²) in [6.07, 6.45) is 8.91. The molecule has 0 bridgehead atoms. The van der Waals surface area contributed by atoms with Gasteiger partial charge in [0.05, 0.1) is 23.7 Å². The number of amides is 1. The molecule has 2 N–H and O–H groups in total. The van der Waals surface area contributed by atoms with Crippen molar-refractivity contribution < 1.29 is 9.90 Å². The largest absolute Gasteiger partial charge is 0.392 e. The van der Waals surface area contributed by atoms with Gasteiger partial charge in [0.2, 0.25) is 5.91 Å². The molecule has 0 unspecified atom stereocenters. The molecule has 1 aromatic carbocycles. The first-order valence-corrected chi connectivity index (χ1v) is 10.0. The third-order valence-electron chi connectivity index (χ3n) is 5.78. The zero-order valence-electron chi connectivity index (χ0n) is 15.9. The van der Waals surface area contributed by atoms with E-state index in [0.717, 1.165) is 47.5 Å². The Morgan fingerprint density at radius 1 is 1.19 bits per heavy atom. The Hall–Kier alpha value is -2.27. The number of fused-ring (bicyclic) bond motifs is 3. The van der Waals surface area contributed by atoms with E-state index >= 15 is 0 Å². The van der Waals surface area contributed by atoms with Crippen molar-refractivity contribution in [3.8, 4) is 11.3 Å². The van der Waals surface area contributed by atoms with Crippen LogP contribution in [-0.2, 0) is 30.7 Å². The first kappa shape index (κ1) is 18.1. The van der Waals surface area contributed by atoms with Gasteiger partial charge in [0, 0.05) is 12.5 Å². The second kappa shape index (κ2) is 7.77. The molecule has 5 nitrogen and oxygen atoms in total. The van der Waals surface area contributed by atoms with Crippen molar-refractivity contribution in [2.75, 3.05) is 5.32 Å². The van der Waals surface area contributed by atoms with Crippen LogP contribution in [0.5, 0.6) is 0 Å². The average molecular weight is 365 g/mol. The quantitative estimate of drug-likeness (QED) is 0.864. The molecule has 2 aliphatic carbocycles. The van der Waals surface area contributed by atoms with Crippen LogP contribution >= 0.6 is 0 Å². The van der Waals surface area contributed by atoms with Gasteiger partial charge in [0.1, 0.15) is 0 Å². The summed E-state index contributed by atoms with van der Waals surface area (Å²) in [7, 11) is 0. The van der Waals surface area contributed by atoms with Crippen LogP contribution in [0.2, 0.25) is 0 Å². The summed E-state index contributed by atoms with van der Waals surface area (Å²) in [4.78, 5) is 21.5. The molecule has 4 rings (SSSR count). The maximum absolute atomic E-state index is 11.7. The van der Waals surface area contributed by atoms with E-state index in [1.807, 2.05) is 6.07 Å². The van der Waals surface area contributed by atoms with Gasteiger partial charge in [0.25, 0.3) is 0 Å². The van der Waals surface area contributed by atoms with Crippen molar-refractivity contribution in [3.63, 3.8) is 0 Å². The molecule has 142 valence electrons. The number of aliphatic hydroxyl groups excluding tert-OH is 1. The smallest absolute Gasteiger partial charge is 0.222 e. The number of aryl methyl sites for hydroxylation is 2. The Morgan fingerprint density at radius 2 is 2.00 bits per heavy atom. The van der Waals surface area contributed by atoms with Crippen LogP contribution in [0.3, 0.4) is 0 Å². The fourth-order valence-corrected chi connectivity index (χ4v) is 4.41. The Morgan fingerprint density at radius 3 is 2.74 bits per heavy atom. The molecule has 0 saturated heterocycles. The Labute approximate surface area is 160 Å². The van der Waals surface area contributed by atoms with Gasteiger partial charge in [-0.2, -0.15) is 0 Å². The van der Waals surface area contributed by atoms with Crippen LogP contribution in [-0.4, -0.2) is 21.0 Å². The van der Waals surface area contributed by atoms with Crippen LogP contribution in [0.25, 0.3) is 11.3 Å². The van der Waals surface area contributed by atoms with Crippen LogP contribution in [0.4, 0.5) is 5.82 Å². The molecule has 1 heterocycles. The van der Waals surface area contributed by atoms with Crippen LogP contribution in [0, 0.1) is 5.92 Å². The van der Waals surface area contributed by atoms with Gasteiger partial charge < -0.3 is 10.4 Å². The molecule has 1 aromatic heterocycles. The van der Waals surface area contributed by atoms with E-state index in [1.54, 1.807) is 0 Å². The van der Waals surface area contributed by atoms with Crippen molar-refractivity contribution in [3.05, 3.63) is 40.7 Å². The molecule has 1 saturated carbocycles.